The monoisotopic (exact) mass is 396 g/mol. The standard InChI is InChI=1S/C21H17FN2O3S/c1-4-12-27-19-14(8-7-11-17(19)26-3)13-18-20(25)24(2)21(28-18)23-16-10-6-5-9-15(16)22/h1,5-11,13H,12H2,2-3H3/b18-13+,23-21?. The van der Waals surface area contributed by atoms with Gasteiger partial charge in [-0.05, 0) is 36.0 Å². The molecule has 5 nitrogen and oxygen atoms in total. The Kier molecular flexibility index (Phi) is 6.02. The van der Waals surface area contributed by atoms with Crippen molar-refractivity contribution < 1.29 is 18.7 Å². The fraction of sp³-hybridized carbons (Fsp3) is 0.143. The summed E-state index contributed by atoms with van der Waals surface area (Å²) < 4.78 is 24.8. The van der Waals surface area contributed by atoms with E-state index in [0.29, 0.717) is 27.1 Å². The first kappa shape index (κ1) is 19.5. The molecular formula is C21H17FN2O3S. The molecule has 0 radical (unpaired) electrons. The Bertz CT molecular complexity index is 1010. The SMILES string of the molecule is C#CCOc1c(/C=C2/SC(=Nc3ccccc3F)N(C)C2=O)cccc1OC. The van der Waals surface area contributed by atoms with E-state index >= 15 is 0 Å². The third-order valence-corrected chi connectivity index (χ3v) is 4.95. The third kappa shape index (κ3) is 4.02. The molecular weight excluding hydrogens is 379 g/mol. The van der Waals surface area contributed by atoms with Crippen molar-refractivity contribution >= 4 is 34.6 Å². The highest BCUT2D eigenvalue weighted by Gasteiger charge is 2.31. The van der Waals surface area contributed by atoms with Gasteiger partial charge in [0.1, 0.15) is 18.1 Å². The maximum atomic E-state index is 13.9. The first-order valence-electron chi connectivity index (χ1n) is 8.29. The number of carbonyl (C=O) groups is 1. The summed E-state index contributed by atoms with van der Waals surface area (Å²) >= 11 is 1.16. The smallest absolute Gasteiger partial charge is 0.266 e. The minimum Gasteiger partial charge on any atom is -0.493 e. The average Bonchev–Trinajstić information content (AvgIpc) is 2.96. The lowest BCUT2D eigenvalue weighted by molar-refractivity contribution is -0.121. The van der Waals surface area contributed by atoms with Crippen LogP contribution in [-0.2, 0) is 4.79 Å². The van der Waals surface area contributed by atoms with Gasteiger partial charge in [-0.25, -0.2) is 9.38 Å². The Morgan fingerprint density at radius 2 is 2.07 bits per heavy atom. The zero-order chi connectivity index (χ0) is 20.1. The number of hydrogen-bond acceptors (Lipinski definition) is 5. The molecule has 2 aromatic carbocycles. The average molecular weight is 396 g/mol. The van der Waals surface area contributed by atoms with E-state index in [1.54, 1.807) is 49.5 Å². The topological polar surface area (TPSA) is 51.1 Å². The van der Waals surface area contributed by atoms with E-state index in [1.165, 1.54) is 18.1 Å². The fourth-order valence-corrected chi connectivity index (χ4v) is 3.48. The van der Waals surface area contributed by atoms with Gasteiger partial charge >= 0.3 is 0 Å². The van der Waals surface area contributed by atoms with Crippen LogP contribution in [0.1, 0.15) is 5.56 Å². The van der Waals surface area contributed by atoms with Gasteiger partial charge in [0.25, 0.3) is 5.91 Å². The van der Waals surface area contributed by atoms with E-state index in [-0.39, 0.29) is 18.2 Å². The van der Waals surface area contributed by atoms with Crippen LogP contribution < -0.4 is 9.47 Å². The lowest BCUT2D eigenvalue weighted by atomic mass is 10.1. The Balaban J connectivity index is 1.97. The number of amidine groups is 1. The van der Waals surface area contributed by atoms with Crippen LogP contribution in [0.15, 0.2) is 52.4 Å². The number of thioether (sulfide) groups is 1. The number of hydrogen-bond donors (Lipinski definition) is 0. The van der Waals surface area contributed by atoms with Gasteiger partial charge < -0.3 is 9.47 Å². The third-order valence-electron chi connectivity index (χ3n) is 3.89. The van der Waals surface area contributed by atoms with Crippen molar-refractivity contribution in [2.24, 2.45) is 4.99 Å². The lowest BCUT2D eigenvalue weighted by Crippen LogP contribution is -2.23. The molecule has 142 valence electrons. The Morgan fingerprint density at radius 1 is 1.29 bits per heavy atom. The zero-order valence-electron chi connectivity index (χ0n) is 15.3. The van der Waals surface area contributed by atoms with E-state index in [9.17, 15) is 9.18 Å². The predicted molar refractivity (Wildman–Crippen MR) is 109 cm³/mol. The number of methoxy groups -OCH3 is 1. The van der Waals surface area contributed by atoms with Gasteiger partial charge in [0.15, 0.2) is 16.7 Å². The van der Waals surface area contributed by atoms with E-state index in [4.69, 9.17) is 15.9 Å². The second kappa shape index (κ2) is 8.63. The molecule has 1 aliphatic heterocycles. The molecule has 1 saturated heterocycles. The normalized spacial score (nSPS) is 16.5. The molecule has 0 atom stereocenters. The number of ether oxygens (including phenoxy) is 2. The number of para-hydroxylation sites is 2. The molecule has 3 rings (SSSR count). The number of carbonyl (C=O) groups excluding carboxylic acids is 1. The number of aliphatic imine (C=N–C) groups is 1. The van der Waals surface area contributed by atoms with Crippen molar-refractivity contribution in [2.45, 2.75) is 0 Å². The fourth-order valence-electron chi connectivity index (χ4n) is 2.51. The van der Waals surface area contributed by atoms with Gasteiger partial charge in [-0.3, -0.25) is 9.69 Å². The summed E-state index contributed by atoms with van der Waals surface area (Å²) in [6.07, 6.45) is 6.97. The van der Waals surface area contributed by atoms with Gasteiger partial charge in [-0.15, -0.1) is 6.42 Å². The molecule has 1 aliphatic rings. The summed E-state index contributed by atoms with van der Waals surface area (Å²) in [6.45, 7) is 0.0670. The quantitative estimate of drug-likeness (QED) is 0.565. The molecule has 1 amide bonds. The van der Waals surface area contributed by atoms with Gasteiger partial charge in [0.2, 0.25) is 0 Å². The Hall–Kier alpha value is -3.24. The number of likely N-dealkylation sites (N-methyl/N-ethyl adjacent to an activating group) is 1. The number of amides is 1. The second-order valence-corrected chi connectivity index (χ2v) is 6.70. The van der Waals surface area contributed by atoms with Crippen LogP contribution in [0.3, 0.4) is 0 Å². The number of terminal acetylenes is 1. The van der Waals surface area contributed by atoms with Gasteiger partial charge in [0, 0.05) is 12.6 Å². The first-order chi connectivity index (χ1) is 13.5. The molecule has 0 spiro atoms. The summed E-state index contributed by atoms with van der Waals surface area (Å²) in [6, 6.07) is 11.5. The van der Waals surface area contributed by atoms with Crippen LogP contribution in [0.25, 0.3) is 6.08 Å². The number of benzene rings is 2. The summed E-state index contributed by atoms with van der Waals surface area (Å²) in [5.41, 5.74) is 0.816. The predicted octanol–water partition coefficient (Wildman–Crippen LogP) is 4.08. The van der Waals surface area contributed by atoms with E-state index in [1.807, 2.05) is 0 Å². The largest absolute Gasteiger partial charge is 0.493 e. The molecule has 1 fully saturated rings. The summed E-state index contributed by atoms with van der Waals surface area (Å²) in [5, 5.41) is 0.385. The van der Waals surface area contributed by atoms with Gasteiger partial charge in [-0.2, -0.15) is 0 Å². The summed E-state index contributed by atoms with van der Waals surface area (Å²) in [4.78, 5) is 18.7. The lowest BCUT2D eigenvalue weighted by Gasteiger charge is -2.11. The van der Waals surface area contributed by atoms with Crippen LogP contribution in [0.2, 0.25) is 0 Å². The highest BCUT2D eigenvalue weighted by molar-refractivity contribution is 8.18. The van der Waals surface area contributed by atoms with Crippen LogP contribution in [0.4, 0.5) is 10.1 Å². The summed E-state index contributed by atoms with van der Waals surface area (Å²) in [5.74, 6) is 2.67. The van der Waals surface area contributed by atoms with Crippen molar-refractivity contribution in [3.63, 3.8) is 0 Å². The minimum absolute atomic E-state index is 0.0670. The molecule has 2 aromatic rings. The van der Waals surface area contributed by atoms with Gasteiger partial charge in [-0.1, -0.05) is 30.2 Å². The molecule has 0 unspecified atom stereocenters. The van der Waals surface area contributed by atoms with Crippen molar-refractivity contribution in [2.75, 3.05) is 20.8 Å². The number of halogens is 1. The highest BCUT2D eigenvalue weighted by atomic mass is 32.2. The molecule has 28 heavy (non-hydrogen) atoms. The van der Waals surface area contributed by atoms with Crippen LogP contribution in [0.5, 0.6) is 11.5 Å². The molecule has 0 aromatic heterocycles. The van der Waals surface area contributed by atoms with E-state index in [2.05, 4.69) is 10.9 Å². The molecule has 0 bridgehead atoms. The molecule has 1 heterocycles. The first-order valence-corrected chi connectivity index (χ1v) is 9.11. The van der Waals surface area contributed by atoms with Gasteiger partial charge in [0.05, 0.1) is 12.0 Å². The highest BCUT2D eigenvalue weighted by Crippen LogP contribution is 2.37. The van der Waals surface area contributed by atoms with Crippen LogP contribution in [0, 0.1) is 18.2 Å². The van der Waals surface area contributed by atoms with Crippen molar-refractivity contribution in [3.8, 4) is 23.8 Å². The zero-order valence-corrected chi connectivity index (χ0v) is 16.1. The maximum absolute atomic E-state index is 13.9. The summed E-state index contributed by atoms with van der Waals surface area (Å²) in [7, 11) is 3.12. The molecule has 0 aliphatic carbocycles. The van der Waals surface area contributed by atoms with E-state index in [0.717, 1.165) is 11.8 Å². The molecule has 0 saturated carbocycles. The van der Waals surface area contributed by atoms with Crippen molar-refractivity contribution in [1.82, 2.24) is 4.90 Å². The Labute approximate surface area is 166 Å². The van der Waals surface area contributed by atoms with Crippen molar-refractivity contribution in [1.29, 1.82) is 0 Å². The van der Waals surface area contributed by atoms with Crippen LogP contribution >= 0.6 is 11.8 Å². The second-order valence-electron chi connectivity index (χ2n) is 5.69. The number of nitrogens with zero attached hydrogens (tertiary/aromatic N) is 2. The molecule has 0 N–H and O–H groups in total. The minimum atomic E-state index is -0.452. The van der Waals surface area contributed by atoms with Crippen molar-refractivity contribution in [3.05, 3.63) is 58.8 Å². The van der Waals surface area contributed by atoms with Crippen LogP contribution in [-0.4, -0.2) is 36.7 Å². The Morgan fingerprint density at radius 3 is 2.79 bits per heavy atom. The number of rotatable bonds is 5. The maximum Gasteiger partial charge on any atom is 0.266 e. The van der Waals surface area contributed by atoms with E-state index < -0.39 is 5.82 Å². The molecule has 7 heteroatoms.